The first-order valence-electron chi connectivity index (χ1n) is 7.71. The number of aliphatic hydroxyl groups is 1. The fourth-order valence-corrected chi connectivity index (χ4v) is 3.70. The number of carbonyl (C=O) groups is 2. The zero-order chi connectivity index (χ0) is 14.6. The summed E-state index contributed by atoms with van der Waals surface area (Å²) < 4.78 is 0. The molecule has 0 aromatic heterocycles. The number of amides is 1. The summed E-state index contributed by atoms with van der Waals surface area (Å²) in [5, 5.41) is 21.7. The van der Waals surface area contributed by atoms with E-state index in [0.717, 1.165) is 38.5 Å². The van der Waals surface area contributed by atoms with Gasteiger partial charge in [-0.15, -0.1) is 0 Å². The number of nitrogens with one attached hydrogen (secondary N) is 1. The zero-order valence-corrected chi connectivity index (χ0v) is 11.9. The van der Waals surface area contributed by atoms with Crippen molar-refractivity contribution in [3.05, 3.63) is 0 Å². The molecule has 2 rings (SSSR count). The molecular weight excluding hydrogens is 258 g/mol. The van der Waals surface area contributed by atoms with Gasteiger partial charge in [0, 0.05) is 25.0 Å². The van der Waals surface area contributed by atoms with Gasteiger partial charge < -0.3 is 15.5 Å². The highest BCUT2D eigenvalue weighted by molar-refractivity contribution is 5.85. The fraction of sp³-hybridized carbons (Fsp3) is 0.867. The Morgan fingerprint density at radius 3 is 2.35 bits per heavy atom. The molecule has 114 valence electrons. The molecule has 0 aromatic carbocycles. The van der Waals surface area contributed by atoms with E-state index in [4.69, 9.17) is 0 Å². The molecule has 2 atom stereocenters. The predicted molar refractivity (Wildman–Crippen MR) is 74.1 cm³/mol. The largest absolute Gasteiger partial charge is 0.481 e. The molecule has 0 spiro atoms. The van der Waals surface area contributed by atoms with Crippen LogP contribution in [0.15, 0.2) is 0 Å². The Balaban J connectivity index is 1.92. The molecule has 3 N–H and O–H groups in total. The molecule has 0 aliphatic heterocycles. The van der Waals surface area contributed by atoms with Crippen molar-refractivity contribution in [2.75, 3.05) is 6.61 Å². The molecule has 2 aliphatic carbocycles. The van der Waals surface area contributed by atoms with E-state index in [1.807, 2.05) is 0 Å². The van der Waals surface area contributed by atoms with Crippen LogP contribution in [0.25, 0.3) is 0 Å². The van der Waals surface area contributed by atoms with Gasteiger partial charge in [0.2, 0.25) is 5.91 Å². The lowest BCUT2D eigenvalue weighted by atomic mass is 9.81. The van der Waals surface area contributed by atoms with Gasteiger partial charge in [-0.3, -0.25) is 9.59 Å². The summed E-state index contributed by atoms with van der Waals surface area (Å²) in [7, 11) is 0. The summed E-state index contributed by atoms with van der Waals surface area (Å²) in [4.78, 5) is 23.6. The van der Waals surface area contributed by atoms with E-state index in [1.54, 1.807) is 0 Å². The second kappa shape index (κ2) is 6.57. The van der Waals surface area contributed by atoms with Crippen LogP contribution >= 0.6 is 0 Å². The lowest BCUT2D eigenvalue weighted by Gasteiger charge is -2.32. The van der Waals surface area contributed by atoms with E-state index in [2.05, 4.69) is 5.32 Å². The van der Waals surface area contributed by atoms with Crippen molar-refractivity contribution >= 4 is 11.9 Å². The summed E-state index contributed by atoms with van der Waals surface area (Å²) in [5.74, 6) is -0.885. The third-order valence-corrected chi connectivity index (χ3v) is 5.00. The van der Waals surface area contributed by atoms with Crippen LogP contribution < -0.4 is 5.32 Å². The molecule has 0 bridgehead atoms. The number of aliphatic carboxylic acids is 1. The number of aliphatic hydroxyl groups excluding tert-OH is 1. The maximum Gasteiger partial charge on any atom is 0.310 e. The summed E-state index contributed by atoms with van der Waals surface area (Å²) in [6, 6.07) is 0.00787. The second-order valence-electron chi connectivity index (χ2n) is 6.37. The third-order valence-electron chi connectivity index (χ3n) is 5.00. The Morgan fingerprint density at radius 2 is 1.75 bits per heavy atom. The first kappa shape index (κ1) is 15.3. The molecule has 2 saturated carbocycles. The second-order valence-corrected chi connectivity index (χ2v) is 6.37. The number of hydrogen-bond acceptors (Lipinski definition) is 3. The van der Waals surface area contributed by atoms with E-state index in [0.29, 0.717) is 12.8 Å². The van der Waals surface area contributed by atoms with Crippen molar-refractivity contribution in [3.63, 3.8) is 0 Å². The van der Waals surface area contributed by atoms with Gasteiger partial charge in [0.05, 0.1) is 5.41 Å². The lowest BCUT2D eigenvalue weighted by molar-refractivity contribution is -0.151. The number of carboxylic acid groups (broad SMARTS) is 1. The molecule has 0 heterocycles. The summed E-state index contributed by atoms with van der Waals surface area (Å²) >= 11 is 0. The van der Waals surface area contributed by atoms with Gasteiger partial charge in [-0.1, -0.05) is 25.7 Å². The van der Waals surface area contributed by atoms with Crippen LogP contribution in [-0.2, 0) is 9.59 Å². The Kier molecular flexibility index (Phi) is 5.02. The molecule has 2 unspecified atom stereocenters. The van der Waals surface area contributed by atoms with Crippen molar-refractivity contribution in [1.82, 2.24) is 5.32 Å². The molecule has 1 amide bonds. The lowest BCUT2D eigenvalue weighted by Crippen LogP contribution is -2.45. The summed E-state index contributed by atoms with van der Waals surface area (Å²) in [5.41, 5.74) is -0.854. The highest BCUT2D eigenvalue weighted by atomic mass is 16.4. The number of carbonyl (C=O) groups excluding carboxylic acids is 1. The molecule has 5 nitrogen and oxygen atoms in total. The van der Waals surface area contributed by atoms with Crippen molar-refractivity contribution in [2.24, 2.45) is 11.3 Å². The van der Waals surface area contributed by atoms with Crippen molar-refractivity contribution in [2.45, 2.75) is 63.8 Å². The van der Waals surface area contributed by atoms with E-state index < -0.39 is 11.4 Å². The number of carboxylic acids is 1. The van der Waals surface area contributed by atoms with Gasteiger partial charge in [0.1, 0.15) is 0 Å². The quantitative estimate of drug-likeness (QED) is 0.716. The maximum atomic E-state index is 12.2. The minimum atomic E-state index is -0.854. The first-order valence-corrected chi connectivity index (χ1v) is 7.71. The monoisotopic (exact) mass is 283 g/mol. The van der Waals surface area contributed by atoms with Gasteiger partial charge in [0.15, 0.2) is 0 Å². The SMILES string of the molecule is O=C(CC1(C(=O)O)CCCC1)NC1CCCCC1CO. The van der Waals surface area contributed by atoms with Crippen LogP contribution in [0.2, 0.25) is 0 Å². The summed E-state index contributed by atoms with van der Waals surface area (Å²) in [6.45, 7) is 0.0923. The molecule has 2 aliphatic rings. The van der Waals surface area contributed by atoms with Gasteiger partial charge >= 0.3 is 5.97 Å². The first-order chi connectivity index (χ1) is 9.57. The Morgan fingerprint density at radius 1 is 1.10 bits per heavy atom. The molecular formula is C15H25NO4. The third kappa shape index (κ3) is 3.32. The Bertz CT molecular complexity index is 363. The van der Waals surface area contributed by atoms with Gasteiger partial charge in [0.25, 0.3) is 0 Å². The average molecular weight is 283 g/mol. The molecule has 0 aromatic rings. The van der Waals surface area contributed by atoms with Crippen LogP contribution in [0, 0.1) is 11.3 Å². The van der Waals surface area contributed by atoms with E-state index in [1.165, 1.54) is 0 Å². The summed E-state index contributed by atoms with van der Waals surface area (Å²) in [6.07, 6.45) is 7.04. The van der Waals surface area contributed by atoms with Crippen LogP contribution in [-0.4, -0.2) is 34.7 Å². The van der Waals surface area contributed by atoms with Crippen LogP contribution in [0.1, 0.15) is 57.8 Å². The highest BCUT2D eigenvalue weighted by Gasteiger charge is 2.43. The fourth-order valence-electron chi connectivity index (χ4n) is 3.70. The van der Waals surface area contributed by atoms with E-state index in [9.17, 15) is 19.8 Å². The predicted octanol–water partition coefficient (Wildman–Crippen LogP) is 1.69. The zero-order valence-electron chi connectivity index (χ0n) is 11.9. The van der Waals surface area contributed by atoms with Crippen molar-refractivity contribution in [1.29, 1.82) is 0 Å². The topological polar surface area (TPSA) is 86.6 Å². The average Bonchev–Trinajstić information content (AvgIpc) is 2.89. The molecule has 0 radical (unpaired) electrons. The molecule has 20 heavy (non-hydrogen) atoms. The number of hydrogen-bond donors (Lipinski definition) is 3. The molecule has 5 heteroatoms. The highest BCUT2D eigenvalue weighted by Crippen LogP contribution is 2.41. The molecule has 0 saturated heterocycles. The number of rotatable bonds is 5. The standard InChI is InChI=1S/C15H25NO4/c17-10-11-5-1-2-6-12(11)16-13(18)9-15(14(19)20)7-3-4-8-15/h11-12,17H,1-10H2,(H,16,18)(H,19,20). The van der Waals surface area contributed by atoms with Crippen LogP contribution in [0.4, 0.5) is 0 Å². The minimum Gasteiger partial charge on any atom is -0.481 e. The van der Waals surface area contributed by atoms with Crippen LogP contribution in [0.3, 0.4) is 0 Å². The van der Waals surface area contributed by atoms with Gasteiger partial charge in [-0.2, -0.15) is 0 Å². The smallest absolute Gasteiger partial charge is 0.310 e. The van der Waals surface area contributed by atoms with Gasteiger partial charge in [-0.25, -0.2) is 0 Å². The van der Waals surface area contributed by atoms with Gasteiger partial charge in [-0.05, 0) is 25.7 Å². The molecule has 2 fully saturated rings. The Hall–Kier alpha value is -1.10. The minimum absolute atomic E-state index is 0.00787. The Labute approximate surface area is 119 Å². The van der Waals surface area contributed by atoms with Crippen molar-refractivity contribution < 1.29 is 19.8 Å². The van der Waals surface area contributed by atoms with E-state index >= 15 is 0 Å². The van der Waals surface area contributed by atoms with Crippen molar-refractivity contribution in [3.8, 4) is 0 Å². The maximum absolute atomic E-state index is 12.2. The van der Waals surface area contributed by atoms with Crippen LogP contribution in [0.5, 0.6) is 0 Å². The normalized spacial score (nSPS) is 29.1. The van der Waals surface area contributed by atoms with E-state index in [-0.39, 0.29) is 30.9 Å².